The molecule has 0 aromatic rings. The molecule has 100 valence electrons. The van der Waals surface area contributed by atoms with Crippen LogP contribution < -0.4 is 5.32 Å². The van der Waals surface area contributed by atoms with Gasteiger partial charge >= 0.3 is 0 Å². The van der Waals surface area contributed by atoms with Gasteiger partial charge in [-0.05, 0) is 45.7 Å². The van der Waals surface area contributed by atoms with Crippen LogP contribution in [0.3, 0.4) is 0 Å². The molecule has 1 saturated heterocycles. The molecular weight excluding hydrogens is 236 g/mol. The first-order valence-corrected chi connectivity index (χ1v) is 8.54. The number of nitrogens with one attached hydrogen (secondary N) is 1. The van der Waals surface area contributed by atoms with Crippen molar-refractivity contribution >= 4 is 9.84 Å². The van der Waals surface area contributed by atoms with Crippen molar-refractivity contribution in [3.05, 3.63) is 0 Å². The number of nitrogens with zero attached hydrogens (tertiary/aromatic N) is 1. The first-order valence-electron chi connectivity index (χ1n) is 6.72. The lowest BCUT2D eigenvalue weighted by atomic mass is 9.90. The van der Waals surface area contributed by atoms with Crippen LogP contribution in [0.2, 0.25) is 0 Å². The number of rotatable bonds is 2. The molecule has 1 N–H and O–H groups in total. The Labute approximate surface area is 105 Å². The predicted octanol–water partition coefficient (Wildman–Crippen LogP) is 0.638. The van der Waals surface area contributed by atoms with Crippen molar-refractivity contribution in [1.82, 2.24) is 10.2 Å². The van der Waals surface area contributed by atoms with E-state index in [0.717, 1.165) is 19.5 Å². The van der Waals surface area contributed by atoms with Gasteiger partial charge in [0.05, 0.1) is 11.5 Å². The normalized spacial score (nSPS) is 35.4. The lowest BCUT2D eigenvalue weighted by molar-refractivity contribution is 0.155. The maximum atomic E-state index is 11.6. The summed E-state index contributed by atoms with van der Waals surface area (Å²) in [6.07, 6.45) is 5.69. The van der Waals surface area contributed by atoms with Crippen molar-refractivity contribution in [1.29, 1.82) is 0 Å². The lowest BCUT2D eigenvalue weighted by Gasteiger charge is -2.36. The molecule has 2 fully saturated rings. The molecule has 0 aromatic heterocycles. The Morgan fingerprint density at radius 3 is 2.41 bits per heavy atom. The second kappa shape index (κ2) is 5.67. The zero-order valence-corrected chi connectivity index (χ0v) is 11.5. The minimum Gasteiger partial charge on any atom is -0.317 e. The van der Waals surface area contributed by atoms with Gasteiger partial charge in [-0.3, -0.25) is 4.90 Å². The highest BCUT2D eigenvalue weighted by atomic mass is 32.2. The molecule has 0 bridgehead atoms. The van der Waals surface area contributed by atoms with Crippen LogP contribution in [0.25, 0.3) is 0 Å². The van der Waals surface area contributed by atoms with Gasteiger partial charge in [-0.15, -0.1) is 0 Å². The van der Waals surface area contributed by atoms with Gasteiger partial charge in [0.15, 0.2) is 9.84 Å². The van der Waals surface area contributed by atoms with Crippen molar-refractivity contribution in [3.8, 4) is 0 Å². The average molecular weight is 260 g/mol. The molecule has 2 aliphatic rings. The Balaban J connectivity index is 1.87. The van der Waals surface area contributed by atoms with E-state index in [2.05, 4.69) is 10.2 Å². The molecule has 0 atom stereocenters. The molecule has 5 heteroatoms. The number of hydrogen-bond acceptors (Lipinski definition) is 4. The molecule has 4 nitrogen and oxygen atoms in total. The Morgan fingerprint density at radius 1 is 1.06 bits per heavy atom. The van der Waals surface area contributed by atoms with E-state index in [0.29, 0.717) is 23.6 Å². The Morgan fingerprint density at radius 2 is 1.76 bits per heavy atom. The molecule has 1 heterocycles. The largest absolute Gasteiger partial charge is 0.317 e. The summed E-state index contributed by atoms with van der Waals surface area (Å²) >= 11 is 0. The highest BCUT2D eigenvalue weighted by Crippen LogP contribution is 2.24. The highest BCUT2D eigenvalue weighted by Gasteiger charge is 2.27. The summed E-state index contributed by atoms with van der Waals surface area (Å²) in [7, 11) is -0.729. The van der Waals surface area contributed by atoms with Crippen LogP contribution in [0.1, 0.15) is 32.1 Å². The molecular formula is C12H24N2O2S. The van der Waals surface area contributed by atoms with Gasteiger partial charge in [0, 0.05) is 18.6 Å². The summed E-state index contributed by atoms with van der Waals surface area (Å²) in [4.78, 5) is 2.41. The van der Waals surface area contributed by atoms with Gasteiger partial charge < -0.3 is 5.32 Å². The SMILES string of the molecule is CNC1CCC(N2CCCS(=O)(=O)CC2)CC1. The van der Waals surface area contributed by atoms with E-state index in [1.54, 1.807) is 0 Å². The second-order valence-electron chi connectivity index (χ2n) is 5.34. The molecule has 2 rings (SSSR count). The van der Waals surface area contributed by atoms with Crippen LogP contribution in [0, 0.1) is 0 Å². The van der Waals surface area contributed by atoms with E-state index >= 15 is 0 Å². The molecule has 0 radical (unpaired) electrons. The number of hydrogen-bond donors (Lipinski definition) is 1. The summed E-state index contributed by atoms with van der Waals surface area (Å²) in [6, 6.07) is 1.29. The third-order valence-electron chi connectivity index (χ3n) is 4.21. The molecule has 0 aromatic carbocycles. The topological polar surface area (TPSA) is 49.4 Å². The fraction of sp³-hybridized carbons (Fsp3) is 1.00. The van der Waals surface area contributed by atoms with Crippen LogP contribution in [0.5, 0.6) is 0 Å². The molecule has 17 heavy (non-hydrogen) atoms. The number of sulfone groups is 1. The molecule has 1 aliphatic carbocycles. The summed E-state index contributed by atoms with van der Waals surface area (Å²) in [5.74, 6) is 0.744. The van der Waals surface area contributed by atoms with Crippen LogP contribution >= 0.6 is 0 Å². The van der Waals surface area contributed by atoms with Gasteiger partial charge in [-0.25, -0.2) is 8.42 Å². The maximum absolute atomic E-state index is 11.6. The Bertz CT molecular complexity index is 334. The fourth-order valence-corrected chi connectivity index (χ4v) is 4.34. The Hall–Kier alpha value is -0.130. The van der Waals surface area contributed by atoms with Gasteiger partial charge in [-0.2, -0.15) is 0 Å². The van der Waals surface area contributed by atoms with Crippen molar-refractivity contribution in [2.75, 3.05) is 31.6 Å². The minimum atomic E-state index is -2.76. The lowest BCUT2D eigenvalue weighted by Crippen LogP contribution is -2.42. The molecule has 0 unspecified atom stereocenters. The van der Waals surface area contributed by atoms with Gasteiger partial charge in [0.1, 0.15) is 0 Å². The highest BCUT2D eigenvalue weighted by molar-refractivity contribution is 7.91. The zero-order chi connectivity index (χ0) is 12.3. The van der Waals surface area contributed by atoms with Gasteiger partial charge in [0.25, 0.3) is 0 Å². The monoisotopic (exact) mass is 260 g/mol. The average Bonchev–Trinajstić information content (AvgIpc) is 2.50. The summed E-state index contributed by atoms with van der Waals surface area (Å²) in [6.45, 7) is 1.71. The van der Waals surface area contributed by atoms with E-state index in [1.807, 2.05) is 7.05 Å². The molecule has 0 spiro atoms. The fourth-order valence-electron chi connectivity index (χ4n) is 3.05. The first kappa shape index (κ1) is 13.3. The minimum absolute atomic E-state index is 0.360. The van der Waals surface area contributed by atoms with Crippen molar-refractivity contribution in [2.45, 2.75) is 44.2 Å². The second-order valence-corrected chi connectivity index (χ2v) is 7.64. The summed E-state index contributed by atoms with van der Waals surface area (Å²) in [5.41, 5.74) is 0. The zero-order valence-electron chi connectivity index (χ0n) is 10.7. The molecule has 1 saturated carbocycles. The van der Waals surface area contributed by atoms with Crippen LogP contribution in [-0.4, -0.2) is 57.0 Å². The molecule has 0 amide bonds. The summed E-state index contributed by atoms with van der Waals surface area (Å²) in [5, 5.41) is 3.34. The van der Waals surface area contributed by atoms with Crippen LogP contribution in [-0.2, 0) is 9.84 Å². The first-order chi connectivity index (χ1) is 8.11. The van der Waals surface area contributed by atoms with E-state index in [4.69, 9.17) is 0 Å². The van der Waals surface area contributed by atoms with Crippen molar-refractivity contribution < 1.29 is 8.42 Å². The van der Waals surface area contributed by atoms with Crippen molar-refractivity contribution in [3.63, 3.8) is 0 Å². The molecule has 1 aliphatic heterocycles. The van der Waals surface area contributed by atoms with E-state index < -0.39 is 9.84 Å². The predicted molar refractivity (Wildman–Crippen MR) is 69.9 cm³/mol. The summed E-state index contributed by atoms with van der Waals surface area (Å²) < 4.78 is 23.1. The maximum Gasteiger partial charge on any atom is 0.151 e. The van der Waals surface area contributed by atoms with E-state index in [-0.39, 0.29) is 0 Å². The Kier molecular flexibility index (Phi) is 4.44. The van der Waals surface area contributed by atoms with Gasteiger partial charge in [0.2, 0.25) is 0 Å². The van der Waals surface area contributed by atoms with E-state index in [9.17, 15) is 8.42 Å². The van der Waals surface area contributed by atoms with Crippen LogP contribution in [0.4, 0.5) is 0 Å². The third kappa shape index (κ3) is 3.66. The smallest absolute Gasteiger partial charge is 0.151 e. The van der Waals surface area contributed by atoms with E-state index in [1.165, 1.54) is 25.7 Å². The standard InChI is InChI=1S/C12H24N2O2S/c1-13-11-3-5-12(6-4-11)14-7-2-9-17(15,16)10-8-14/h11-13H,2-10H2,1H3. The third-order valence-corrected chi connectivity index (χ3v) is 5.93. The van der Waals surface area contributed by atoms with Gasteiger partial charge in [-0.1, -0.05) is 0 Å². The quantitative estimate of drug-likeness (QED) is 0.791. The van der Waals surface area contributed by atoms with Crippen LogP contribution in [0.15, 0.2) is 0 Å². The van der Waals surface area contributed by atoms with Crippen molar-refractivity contribution in [2.24, 2.45) is 0 Å².